The molecule has 0 saturated heterocycles. The summed E-state index contributed by atoms with van der Waals surface area (Å²) in [7, 11) is 0. The number of aliphatic imine (C=N–C) groups is 1. The van der Waals surface area contributed by atoms with Crippen LogP contribution in [-0.2, 0) is 0 Å². The molecule has 0 radical (unpaired) electrons. The highest BCUT2D eigenvalue weighted by Gasteiger charge is 2.22. The Morgan fingerprint density at radius 1 is 0.436 bits per heavy atom. The Morgan fingerprint density at radius 3 is 1.93 bits per heavy atom. The average molecular weight is 704 g/mol. The molecule has 2 aromatic heterocycles. The van der Waals surface area contributed by atoms with Crippen molar-refractivity contribution < 1.29 is 8.83 Å². The first-order valence-corrected chi connectivity index (χ1v) is 18.7. The van der Waals surface area contributed by atoms with Crippen molar-refractivity contribution >= 4 is 65.9 Å². The quantitative estimate of drug-likeness (QED) is 0.179. The van der Waals surface area contributed by atoms with Crippen molar-refractivity contribution in [3.05, 3.63) is 211 Å². The second-order valence-corrected chi connectivity index (χ2v) is 14.2. The van der Waals surface area contributed by atoms with Gasteiger partial charge < -0.3 is 8.83 Å². The molecule has 3 heteroatoms. The minimum absolute atomic E-state index is 0.240. The van der Waals surface area contributed by atoms with E-state index >= 15 is 0 Å². The number of hydrogen-bond donors (Lipinski definition) is 0. The van der Waals surface area contributed by atoms with Gasteiger partial charge in [-0.25, -0.2) is 0 Å². The maximum absolute atomic E-state index is 6.64. The SMILES string of the molecule is C1=CC(c2cccc(-c3ccccc3)c2)N=C(c2cccc3oc4cccc(-c5ccccc5)c4c23)C=C1c1cccc2ccc3c4ccccc4oc3c12. The van der Waals surface area contributed by atoms with E-state index < -0.39 is 0 Å². The topological polar surface area (TPSA) is 38.6 Å². The van der Waals surface area contributed by atoms with Crippen molar-refractivity contribution in [2.24, 2.45) is 4.99 Å². The van der Waals surface area contributed by atoms with Gasteiger partial charge in [-0.2, -0.15) is 0 Å². The Bertz CT molecular complexity index is 3200. The largest absolute Gasteiger partial charge is 0.456 e. The number of hydrogen-bond acceptors (Lipinski definition) is 3. The highest BCUT2D eigenvalue weighted by atomic mass is 16.3. The van der Waals surface area contributed by atoms with Crippen molar-refractivity contribution in [3.63, 3.8) is 0 Å². The molecule has 0 spiro atoms. The molecule has 1 aliphatic rings. The van der Waals surface area contributed by atoms with Gasteiger partial charge >= 0.3 is 0 Å². The summed E-state index contributed by atoms with van der Waals surface area (Å²) in [6.07, 6.45) is 6.74. The van der Waals surface area contributed by atoms with Gasteiger partial charge in [0, 0.05) is 32.5 Å². The van der Waals surface area contributed by atoms with Gasteiger partial charge in [0.05, 0.1) is 11.8 Å². The van der Waals surface area contributed by atoms with E-state index in [0.29, 0.717) is 0 Å². The molecule has 0 saturated carbocycles. The summed E-state index contributed by atoms with van der Waals surface area (Å²) in [5.41, 5.74) is 13.3. The highest BCUT2D eigenvalue weighted by Crippen LogP contribution is 2.42. The van der Waals surface area contributed by atoms with E-state index in [1.165, 1.54) is 5.56 Å². The van der Waals surface area contributed by atoms with Gasteiger partial charge in [-0.3, -0.25) is 4.99 Å². The van der Waals surface area contributed by atoms with Gasteiger partial charge in [0.15, 0.2) is 0 Å². The summed E-state index contributed by atoms with van der Waals surface area (Å²) in [6, 6.07) is 61.5. The van der Waals surface area contributed by atoms with Crippen LogP contribution in [0.2, 0.25) is 0 Å². The molecule has 1 atom stereocenters. The molecule has 11 rings (SSSR count). The summed E-state index contributed by atoms with van der Waals surface area (Å²) >= 11 is 0. The fourth-order valence-electron chi connectivity index (χ4n) is 8.38. The molecule has 0 aliphatic carbocycles. The van der Waals surface area contributed by atoms with Crippen molar-refractivity contribution in [1.29, 1.82) is 0 Å². The molecule has 55 heavy (non-hydrogen) atoms. The Kier molecular flexibility index (Phi) is 7.24. The van der Waals surface area contributed by atoms with E-state index in [0.717, 1.165) is 99.3 Å². The van der Waals surface area contributed by atoms with Crippen LogP contribution in [0.25, 0.3) is 82.5 Å². The number of benzene rings is 8. The lowest BCUT2D eigenvalue weighted by atomic mass is 9.93. The number of para-hydroxylation sites is 1. The maximum atomic E-state index is 6.64. The first kappa shape index (κ1) is 31.3. The summed E-state index contributed by atoms with van der Waals surface area (Å²) < 4.78 is 13.2. The molecule has 1 unspecified atom stereocenters. The normalized spacial score (nSPS) is 14.5. The van der Waals surface area contributed by atoms with E-state index in [1.807, 2.05) is 12.1 Å². The molecular weight excluding hydrogens is 671 g/mol. The lowest BCUT2D eigenvalue weighted by molar-refractivity contribution is 0.669. The molecule has 0 N–H and O–H groups in total. The lowest BCUT2D eigenvalue weighted by Crippen LogP contribution is -2.02. The predicted molar refractivity (Wildman–Crippen MR) is 229 cm³/mol. The molecule has 3 heterocycles. The van der Waals surface area contributed by atoms with Crippen LogP contribution in [0.4, 0.5) is 0 Å². The zero-order chi connectivity index (χ0) is 36.3. The van der Waals surface area contributed by atoms with Gasteiger partial charge in [0.25, 0.3) is 0 Å². The number of nitrogens with zero attached hydrogens (tertiary/aromatic N) is 1. The molecule has 10 aromatic rings. The monoisotopic (exact) mass is 703 g/mol. The van der Waals surface area contributed by atoms with Crippen LogP contribution in [0.1, 0.15) is 22.7 Å². The molecule has 8 aromatic carbocycles. The van der Waals surface area contributed by atoms with Crippen LogP contribution in [0, 0.1) is 0 Å². The number of fused-ring (bicyclic) bond motifs is 8. The van der Waals surface area contributed by atoms with E-state index in [4.69, 9.17) is 13.8 Å². The Morgan fingerprint density at radius 2 is 1.09 bits per heavy atom. The van der Waals surface area contributed by atoms with E-state index in [1.54, 1.807) is 0 Å². The molecule has 0 bridgehead atoms. The van der Waals surface area contributed by atoms with Gasteiger partial charge in [-0.05, 0) is 80.7 Å². The van der Waals surface area contributed by atoms with Crippen molar-refractivity contribution in [1.82, 2.24) is 0 Å². The second kappa shape index (κ2) is 12.7. The third-order valence-corrected chi connectivity index (χ3v) is 10.9. The van der Waals surface area contributed by atoms with Crippen molar-refractivity contribution in [3.8, 4) is 22.3 Å². The van der Waals surface area contributed by atoms with Crippen molar-refractivity contribution in [2.75, 3.05) is 0 Å². The first-order valence-electron chi connectivity index (χ1n) is 18.7. The van der Waals surface area contributed by atoms with Gasteiger partial charge in [0.1, 0.15) is 22.3 Å². The molecule has 3 nitrogen and oxygen atoms in total. The molecule has 0 fully saturated rings. The van der Waals surface area contributed by atoms with Crippen LogP contribution in [-0.4, -0.2) is 5.71 Å². The van der Waals surface area contributed by atoms with Gasteiger partial charge in [-0.1, -0.05) is 158 Å². The van der Waals surface area contributed by atoms with Crippen molar-refractivity contribution in [2.45, 2.75) is 6.04 Å². The van der Waals surface area contributed by atoms with Crippen LogP contribution >= 0.6 is 0 Å². The third-order valence-electron chi connectivity index (χ3n) is 10.9. The van der Waals surface area contributed by atoms with E-state index in [9.17, 15) is 0 Å². The Hall–Kier alpha value is -7.23. The fourth-order valence-corrected chi connectivity index (χ4v) is 8.38. The number of rotatable bonds is 5. The fraction of sp³-hybridized carbons (Fsp3) is 0.0192. The lowest BCUT2D eigenvalue weighted by Gasteiger charge is -2.13. The standard InChI is InChI=1S/C52H33NO2/c1-3-13-33(14-4-1)36-18-9-19-38(31-36)44-30-28-37(40-21-10-17-35-27-29-42-41-20-7-8-24-46(41)55-52(42)49(35)40)32-45(53-44)43-23-12-26-48-51(43)50-39(22-11-25-47(50)54-48)34-15-5-2-6-16-34/h1-32,44H. The summed E-state index contributed by atoms with van der Waals surface area (Å²) in [5, 5.41) is 6.60. The predicted octanol–water partition coefficient (Wildman–Crippen LogP) is 14.2. The Labute approximate surface area is 317 Å². The van der Waals surface area contributed by atoms with Crippen LogP contribution in [0.15, 0.2) is 208 Å². The molecular formula is C52H33NO2. The Balaban J connectivity index is 1.17. The molecule has 258 valence electrons. The smallest absolute Gasteiger partial charge is 0.143 e. The van der Waals surface area contributed by atoms with Gasteiger partial charge in [0.2, 0.25) is 0 Å². The molecule has 0 amide bonds. The minimum atomic E-state index is -0.240. The zero-order valence-corrected chi connectivity index (χ0v) is 29.8. The van der Waals surface area contributed by atoms with Gasteiger partial charge in [-0.15, -0.1) is 0 Å². The average Bonchev–Trinajstić information content (AvgIpc) is 3.75. The van der Waals surface area contributed by atoms with Crippen LogP contribution in [0.3, 0.4) is 0 Å². The van der Waals surface area contributed by atoms with E-state index in [2.05, 4.69) is 182 Å². The second-order valence-electron chi connectivity index (χ2n) is 14.2. The summed E-state index contributed by atoms with van der Waals surface area (Å²) in [4.78, 5) is 5.63. The highest BCUT2D eigenvalue weighted by molar-refractivity contribution is 6.27. The maximum Gasteiger partial charge on any atom is 0.143 e. The number of allylic oxidation sites excluding steroid dienone is 3. The van der Waals surface area contributed by atoms with E-state index in [-0.39, 0.29) is 6.04 Å². The molecule has 1 aliphatic heterocycles. The summed E-state index contributed by atoms with van der Waals surface area (Å²) in [5.74, 6) is 0. The third kappa shape index (κ3) is 5.24. The first-order chi connectivity index (χ1) is 27.3. The zero-order valence-electron chi connectivity index (χ0n) is 29.8. The van der Waals surface area contributed by atoms with Crippen LogP contribution < -0.4 is 0 Å². The number of furan rings is 2. The minimum Gasteiger partial charge on any atom is -0.456 e. The summed E-state index contributed by atoms with van der Waals surface area (Å²) in [6.45, 7) is 0. The van der Waals surface area contributed by atoms with Crippen LogP contribution in [0.5, 0.6) is 0 Å².